The van der Waals surface area contributed by atoms with E-state index in [1.807, 2.05) is 39.0 Å². The van der Waals surface area contributed by atoms with Gasteiger partial charge < -0.3 is 5.32 Å². The van der Waals surface area contributed by atoms with Crippen molar-refractivity contribution in [3.8, 4) is 0 Å². The summed E-state index contributed by atoms with van der Waals surface area (Å²) >= 11 is 6.01. The van der Waals surface area contributed by atoms with Gasteiger partial charge in [-0.2, -0.15) is 0 Å². The number of hydrogen-bond acceptors (Lipinski definition) is 3. The first kappa shape index (κ1) is 15.4. The third-order valence-electron chi connectivity index (χ3n) is 2.98. The molecule has 0 radical (unpaired) electrons. The Hall–Kier alpha value is -1.94. The van der Waals surface area contributed by atoms with E-state index < -0.39 is 0 Å². The van der Waals surface area contributed by atoms with Crippen LogP contribution in [0.4, 0.5) is 0 Å². The molecule has 1 amide bonds. The van der Waals surface area contributed by atoms with Gasteiger partial charge in [0.2, 0.25) is 0 Å². The van der Waals surface area contributed by atoms with E-state index in [2.05, 4.69) is 15.3 Å². The van der Waals surface area contributed by atoms with Gasteiger partial charge in [0.05, 0.1) is 12.2 Å². The SMILES string of the molecule is CC(C)(C)c1cc(C(=O)NCc2ccccn2)cc(Cl)n1. The maximum Gasteiger partial charge on any atom is 0.251 e. The molecular weight excluding hydrogens is 286 g/mol. The Morgan fingerprint density at radius 3 is 2.67 bits per heavy atom. The van der Waals surface area contributed by atoms with Crippen molar-refractivity contribution < 1.29 is 4.79 Å². The van der Waals surface area contributed by atoms with Crippen molar-refractivity contribution in [2.75, 3.05) is 0 Å². The van der Waals surface area contributed by atoms with Crippen LogP contribution in [-0.2, 0) is 12.0 Å². The standard InChI is InChI=1S/C16H18ClN3O/c1-16(2,3)13-8-11(9-14(17)20-13)15(21)19-10-12-6-4-5-7-18-12/h4-9H,10H2,1-3H3,(H,19,21). The largest absolute Gasteiger partial charge is 0.346 e. The molecule has 0 bridgehead atoms. The van der Waals surface area contributed by atoms with Gasteiger partial charge in [-0.05, 0) is 24.3 Å². The molecule has 1 N–H and O–H groups in total. The first-order valence-corrected chi connectivity index (χ1v) is 7.10. The number of hydrogen-bond donors (Lipinski definition) is 1. The smallest absolute Gasteiger partial charge is 0.251 e. The van der Waals surface area contributed by atoms with Crippen LogP contribution in [0.2, 0.25) is 5.15 Å². The summed E-state index contributed by atoms with van der Waals surface area (Å²) in [6, 6.07) is 8.93. The summed E-state index contributed by atoms with van der Waals surface area (Å²) in [5.74, 6) is -0.185. The Bertz CT molecular complexity index is 636. The van der Waals surface area contributed by atoms with Gasteiger partial charge >= 0.3 is 0 Å². The van der Waals surface area contributed by atoms with Crippen molar-refractivity contribution in [1.82, 2.24) is 15.3 Å². The number of aromatic nitrogens is 2. The lowest BCUT2D eigenvalue weighted by molar-refractivity contribution is 0.0950. The molecule has 0 aliphatic carbocycles. The number of carbonyl (C=O) groups excluding carboxylic acids is 1. The van der Waals surface area contributed by atoms with Gasteiger partial charge in [0.15, 0.2) is 0 Å². The fourth-order valence-electron chi connectivity index (χ4n) is 1.79. The number of carbonyl (C=O) groups is 1. The van der Waals surface area contributed by atoms with Crippen LogP contribution in [0, 0.1) is 0 Å². The molecule has 4 nitrogen and oxygen atoms in total. The first-order valence-electron chi connectivity index (χ1n) is 6.72. The molecule has 0 unspecified atom stereocenters. The molecule has 0 saturated carbocycles. The number of rotatable bonds is 3. The second-order valence-corrected chi connectivity index (χ2v) is 6.20. The number of nitrogens with zero attached hydrogens (tertiary/aromatic N) is 2. The minimum Gasteiger partial charge on any atom is -0.346 e. The monoisotopic (exact) mass is 303 g/mol. The van der Waals surface area contributed by atoms with Crippen molar-refractivity contribution in [3.05, 3.63) is 58.6 Å². The van der Waals surface area contributed by atoms with E-state index in [9.17, 15) is 4.79 Å². The molecule has 0 saturated heterocycles. The highest BCUT2D eigenvalue weighted by molar-refractivity contribution is 6.29. The number of halogens is 1. The summed E-state index contributed by atoms with van der Waals surface area (Å²) in [4.78, 5) is 20.7. The molecule has 0 aliphatic rings. The van der Waals surface area contributed by atoms with E-state index in [0.717, 1.165) is 11.4 Å². The van der Waals surface area contributed by atoms with Crippen LogP contribution in [0.15, 0.2) is 36.5 Å². The lowest BCUT2D eigenvalue weighted by Gasteiger charge is -2.18. The fourth-order valence-corrected chi connectivity index (χ4v) is 2.00. The first-order chi connectivity index (χ1) is 9.86. The van der Waals surface area contributed by atoms with Crippen molar-refractivity contribution in [1.29, 1.82) is 0 Å². The summed E-state index contributed by atoms with van der Waals surface area (Å²) in [5.41, 5.74) is 1.94. The van der Waals surface area contributed by atoms with E-state index in [1.165, 1.54) is 0 Å². The average molecular weight is 304 g/mol. The normalized spacial score (nSPS) is 11.2. The van der Waals surface area contributed by atoms with Crippen LogP contribution in [-0.4, -0.2) is 15.9 Å². The molecule has 0 aliphatic heterocycles. The Balaban J connectivity index is 2.14. The summed E-state index contributed by atoms with van der Waals surface area (Å²) in [6.45, 7) is 6.47. The van der Waals surface area contributed by atoms with Gasteiger partial charge in [-0.3, -0.25) is 9.78 Å². The van der Waals surface area contributed by atoms with Crippen LogP contribution in [0.5, 0.6) is 0 Å². The van der Waals surface area contributed by atoms with Crippen molar-refractivity contribution in [3.63, 3.8) is 0 Å². The molecular formula is C16H18ClN3O. The molecule has 5 heteroatoms. The third-order valence-corrected chi connectivity index (χ3v) is 3.17. The van der Waals surface area contributed by atoms with Crippen molar-refractivity contribution in [2.24, 2.45) is 0 Å². The van der Waals surface area contributed by atoms with Crippen LogP contribution >= 0.6 is 11.6 Å². The maximum atomic E-state index is 12.2. The second-order valence-electron chi connectivity index (χ2n) is 5.82. The van der Waals surface area contributed by atoms with Crippen LogP contribution in [0.25, 0.3) is 0 Å². The van der Waals surface area contributed by atoms with Gasteiger partial charge in [-0.15, -0.1) is 0 Å². The molecule has 21 heavy (non-hydrogen) atoms. The van der Waals surface area contributed by atoms with E-state index in [-0.39, 0.29) is 11.3 Å². The molecule has 2 aromatic rings. The highest BCUT2D eigenvalue weighted by Gasteiger charge is 2.18. The lowest BCUT2D eigenvalue weighted by Crippen LogP contribution is -2.24. The predicted molar refractivity (Wildman–Crippen MR) is 83.4 cm³/mol. The highest BCUT2D eigenvalue weighted by Crippen LogP contribution is 2.23. The molecule has 0 spiro atoms. The lowest BCUT2D eigenvalue weighted by atomic mass is 9.91. The molecule has 0 fully saturated rings. The van der Waals surface area contributed by atoms with E-state index in [0.29, 0.717) is 17.3 Å². The second kappa shape index (κ2) is 6.22. The maximum absolute atomic E-state index is 12.2. The van der Waals surface area contributed by atoms with Crippen molar-refractivity contribution in [2.45, 2.75) is 32.7 Å². The summed E-state index contributed by atoms with van der Waals surface area (Å²) in [6.07, 6.45) is 1.70. The summed E-state index contributed by atoms with van der Waals surface area (Å²) in [5, 5.41) is 3.16. The van der Waals surface area contributed by atoms with Gasteiger partial charge in [-0.1, -0.05) is 38.4 Å². The van der Waals surface area contributed by atoms with Crippen LogP contribution in [0.3, 0.4) is 0 Å². The number of pyridine rings is 2. The number of amides is 1. The van der Waals surface area contributed by atoms with Crippen LogP contribution in [0.1, 0.15) is 42.5 Å². The van der Waals surface area contributed by atoms with Gasteiger partial charge in [0.1, 0.15) is 5.15 Å². The van der Waals surface area contributed by atoms with E-state index in [4.69, 9.17) is 11.6 Å². The van der Waals surface area contributed by atoms with Gasteiger partial charge in [0, 0.05) is 22.9 Å². The zero-order valence-electron chi connectivity index (χ0n) is 12.4. The molecule has 2 aromatic heterocycles. The minimum atomic E-state index is -0.185. The Labute approximate surface area is 129 Å². The highest BCUT2D eigenvalue weighted by atomic mass is 35.5. The quantitative estimate of drug-likeness (QED) is 0.885. The number of nitrogens with one attached hydrogen (secondary N) is 1. The fraction of sp³-hybridized carbons (Fsp3) is 0.312. The van der Waals surface area contributed by atoms with Crippen molar-refractivity contribution >= 4 is 17.5 Å². The predicted octanol–water partition coefficient (Wildman–Crippen LogP) is 3.36. The van der Waals surface area contributed by atoms with Gasteiger partial charge in [-0.25, -0.2) is 4.98 Å². The topological polar surface area (TPSA) is 54.9 Å². The molecule has 0 aromatic carbocycles. The molecule has 110 valence electrons. The summed E-state index contributed by atoms with van der Waals surface area (Å²) in [7, 11) is 0. The zero-order valence-corrected chi connectivity index (χ0v) is 13.1. The van der Waals surface area contributed by atoms with E-state index in [1.54, 1.807) is 18.3 Å². The van der Waals surface area contributed by atoms with Crippen LogP contribution < -0.4 is 5.32 Å². The molecule has 2 rings (SSSR count). The third kappa shape index (κ3) is 4.26. The van der Waals surface area contributed by atoms with Gasteiger partial charge in [0.25, 0.3) is 5.91 Å². The van der Waals surface area contributed by atoms with E-state index >= 15 is 0 Å². The Morgan fingerprint density at radius 2 is 2.05 bits per heavy atom. The minimum absolute atomic E-state index is 0.166. The Kier molecular flexibility index (Phi) is 4.58. The molecule has 2 heterocycles. The summed E-state index contributed by atoms with van der Waals surface area (Å²) < 4.78 is 0. The molecule has 0 atom stereocenters. The zero-order chi connectivity index (χ0) is 15.5. The average Bonchev–Trinajstić information content (AvgIpc) is 2.44. The Morgan fingerprint density at radius 1 is 1.29 bits per heavy atom.